The number of rotatable bonds is 5. The van der Waals surface area contributed by atoms with E-state index in [0.717, 1.165) is 6.08 Å². The van der Waals surface area contributed by atoms with Crippen LogP contribution in [0.15, 0.2) is 24.7 Å². The third-order valence-electron chi connectivity index (χ3n) is 1.10. The number of carboxylic acid groups (broad SMARTS) is 1. The highest BCUT2D eigenvalue weighted by Crippen LogP contribution is 2.15. The highest BCUT2D eigenvalue weighted by molar-refractivity contribution is 5.80. The summed E-state index contributed by atoms with van der Waals surface area (Å²) in [5, 5.41) is 8.39. The Morgan fingerprint density at radius 2 is 2.08 bits per heavy atom. The Labute approximate surface area is 77.5 Å². The van der Waals surface area contributed by atoms with Gasteiger partial charge >= 0.3 is 5.97 Å². The molecule has 0 heterocycles. The third kappa shape index (κ3) is 5.78. The first-order chi connectivity index (χ1) is 5.87. The van der Waals surface area contributed by atoms with Crippen LogP contribution in [0.25, 0.3) is 0 Å². The zero-order valence-electron chi connectivity index (χ0n) is 8.03. The lowest BCUT2D eigenvalue weighted by atomic mass is 10.3. The fraction of sp³-hybridized carbons (Fsp3) is 0.444. The highest BCUT2D eigenvalue weighted by Gasteiger charge is 2.19. The average Bonchev–Trinajstić information content (AvgIpc) is 1.81. The van der Waals surface area contributed by atoms with Crippen molar-refractivity contribution in [2.75, 3.05) is 0 Å². The summed E-state index contributed by atoms with van der Waals surface area (Å²) in [6.07, 6.45) is 2.21. The van der Waals surface area contributed by atoms with E-state index in [1.165, 1.54) is 6.26 Å². The molecule has 0 aliphatic carbocycles. The van der Waals surface area contributed by atoms with Gasteiger partial charge in [-0.1, -0.05) is 6.58 Å². The molecular formula is C9H14O4. The monoisotopic (exact) mass is 186 g/mol. The maximum Gasteiger partial charge on any atom is 0.331 e. The van der Waals surface area contributed by atoms with E-state index in [1.54, 1.807) is 20.8 Å². The molecule has 0 amide bonds. The Kier molecular flexibility index (Phi) is 4.04. The lowest BCUT2D eigenvalue weighted by molar-refractivity contribution is -0.154. The average molecular weight is 186 g/mol. The molecule has 0 aromatic heterocycles. The summed E-state index contributed by atoms with van der Waals surface area (Å²) in [7, 11) is 0. The van der Waals surface area contributed by atoms with Gasteiger partial charge < -0.3 is 14.6 Å². The minimum absolute atomic E-state index is 0.277. The molecule has 0 saturated heterocycles. The molecule has 4 heteroatoms. The van der Waals surface area contributed by atoms with Crippen LogP contribution in [0.5, 0.6) is 0 Å². The van der Waals surface area contributed by atoms with E-state index in [0.29, 0.717) is 0 Å². The largest absolute Gasteiger partial charge is 0.478 e. The van der Waals surface area contributed by atoms with Crippen LogP contribution in [0.4, 0.5) is 0 Å². The van der Waals surface area contributed by atoms with Crippen molar-refractivity contribution >= 4 is 5.97 Å². The van der Waals surface area contributed by atoms with E-state index in [-0.39, 0.29) is 5.76 Å². The van der Waals surface area contributed by atoms with Gasteiger partial charge in [0.25, 0.3) is 0 Å². The van der Waals surface area contributed by atoms with Crippen LogP contribution in [-0.4, -0.2) is 16.9 Å². The lowest BCUT2D eigenvalue weighted by Gasteiger charge is -2.25. The van der Waals surface area contributed by atoms with Crippen LogP contribution in [0.3, 0.4) is 0 Å². The van der Waals surface area contributed by atoms with E-state index in [4.69, 9.17) is 14.6 Å². The topological polar surface area (TPSA) is 55.8 Å². The molecule has 0 aliphatic heterocycles. The maximum absolute atomic E-state index is 10.2. The van der Waals surface area contributed by atoms with Gasteiger partial charge in [0.05, 0.1) is 12.3 Å². The zero-order chi connectivity index (χ0) is 10.5. The van der Waals surface area contributed by atoms with Crippen molar-refractivity contribution < 1.29 is 19.4 Å². The maximum atomic E-state index is 10.2. The summed E-state index contributed by atoms with van der Waals surface area (Å²) in [6.45, 7) is 8.24. The first-order valence-corrected chi connectivity index (χ1v) is 3.76. The number of carbonyl (C=O) groups is 1. The summed E-state index contributed by atoms with van der Waals surface area (Å²) in [4.78, 5) is 10.2. The third-order valence-corrected chi connectivity index (χ3v) is 1.10. The molecule has 0 aliphatic rings. The van der Waals surface area contributed by atoms with Crippen molar-refractivity contribution in [2.45, 2.75) is 26.6 Å². The number of allylic oxidation sites excluding steroid dienone is 1. The van der Waals surface area contributed by atoms with Crippen molar-refractivity contribution in [3.63, 3.8) is 0 Å². The van der Waals surface area contributed by atoms with Gasteiger partial charge in [-0.25, -0.2) is 4.79 Å². The molecule has 0 spiro atoms. The van der Waals surface area contributed by atoms with Crippen LogP contribution in [0, 0.1) is 0 Å². The number of ether oxygens (including phenoxy) is 2. The molecule has 0 atom stereocenters. The minimum atomic E-state index is -1.05. The minimum Gasteiger partial charge on any atom is -0.478 e. The Morgan fingerprint density at radius 1 is 1.54 bits per heavy atom. The molecule has 0 bridgehead atoms. The number of aliphatic carboxylic acids is 1. The van der Waals surface area contributed by atoms with Gasteiger partial charge in [0.2, 0.25) is 5.79 Å². The van der Waals surface area contributed by atoms with Crippen LogP contribution >= 0.6 is 0 Å². The van der Waals surface area contributed by atoms with Crippen LogP contribution < -0.4 is 0 Å². The first-order valence-electron chi connectivity index (χ1n) is 3.76. The smallest absolute Gasteiger partial charge is 0.331 e. The van der Waals surface area contributed by atoms with Crippen LogP contribution in [0.1, 0.15) is 20.8 Å². The molecule has 0 fully saturated rings. The Morgan fingerprint density at radius 3 is 2.46 bits per heavy atom. The number of hydrogen-bond donors (Lipinski definition) is 1. The Balaban J connectivity index is 4.25. The Hall–Kier alpha value is -1.45. The zero-order valence-corrected chi connectivity index (χ0v) is 8.03. The fourth-order valence-corrected chi connectivity index (χ4v) is 0.816. The van der Waals surface area contributed by atoms with Crippen molar-refractivity contribution in [1.82, 2.24) is 0 Å². The second kappa shape index (κ2) is 4.54. The van der Waals surface area contributed by atoms with Crippen molar-refractivity contribution in [3.8, 4) is 0 Å². The molecule has 1 N–H and O–H groups in total. The molecule has 0 radical (unpaired) electrons. The van der Waals surface area contributed by atoms with E-state index in [9.17, 15) is 4.79 Å². The second-order valence-electron chi connectivity index (χ2n) is 2.88. The second-order valence-corrected chi connectivity index (χ2v) is 2.88. The van der Waals surface area contributed by atoms with Gasteiger partial charge in [0.1, 0.15) is 5.76 Å². The molecule has 0 aromatic rings. The van der Waals surface area contributed by atoms with Gasteiger partial charge in [-0.05, 0) is 6.92 Å². The van der Waals surface area contributed by atoms with Gasteiger partial charge in [-0.15, -0.1) is 0 Å². The lowest BCUT2D eigenvalue weighted by Crippen LogP contribution is -2.25. The summed E-state index contributed by atoms with van der Waals surface area (Å²) in [5.41, 5.74) is 0. The summed E-state index contributed by atoms with van der Waals surface area (Å²) in [6, 6.07) is 0. The van der Waals surface area contributed by atoms with Gasteiger partial charge in [-0.2, -0.15) is 0 Å². The molecule has 0 rings (SSSR count). The van der Waals surface area contributed by atoms with Crippen LogP contribution in [0.2, 0.25) is 0 Å². The summed E-state index contributed by atoms with van der Waals surface area (Å²) in [5.74, 6) is -1.66. The van der Waals surface area contributed by atoms with Crippen molar-refractivity contribution in [2.24, 2.45) is 0 Å². The fourth-order valence-electron chi connectivity index (χ4n) is 0.816. The van der Waals surface area contributed by atoms with Crippen molar-refractivity contribution in [1.29, 1.82) is 0 Å². The quantitative estimate of drug-likeness (QED) is 0.404. The molecule has 74 valence electrons. The van der Waals surface area contributed by atoms with Crippen molar-refractivity contribution in [3.05, 3.63) is 24.7 Å². The van der Waals surface area contributed by atoms with E-state index in [1.807, 2.05) is 0 Å². The number of hydrogen-bond acceptors (Lipinski definition) is 3. The summed E-state index contributed by atoms with van der Waals surface area (Å²) >= 11 is 0. The predicted molar refractivity (Wildman–Crippen MR) is 47.8 cm³/mol. The van der Waals surface area contributed by atoms with E-state index < -0.39 is 11.8 Å². The normalized spacial score (nSPS) is 12.1. The molecule has 13 heavy (non-hydrogen) atoms. The molecule has 4 nitrogen and oxygen atoms in total. The molecule has 0 saturated carbocycles. The first kappa shape index (κ1) is 11.6. The summed E-state index contributed by atoms with van der Waals surface area (Å²) < 4.78 is 10.2. The van der Waals surface area contributed by atoms with Gasteiger partial charge in [0.15, 0.2) is 0 Å². The number of carboxylic acids is 1. The molecule has 0 aromatic carbocycles. The highest BCUT2D eigenvalue weighted by atomic mass is 16.7. The molecular weight excluding hydrogens is 172 g/mol. The SMILES string of the molecule is C=COC(C)(C)O/C(C)=C\C(=O)O. The Bertz CT molecular complexity index is 228. The van der Waals surface area contributed by atoms with E-state index >= 15 is 0 Å². The van der Waals surface area contributed by atoms with Crippen LogP contribution in [-0.2, 0) is 14.3 Å². The van der Waals surface area contributed by atoms with Gasteiger partial charge in [0, 0.05) is 13.8 Å². The predicted octanol–water partition coefficient (Wildman–Crippen LogP) is 1.89. The standard InChI is InChI=1S/C9H14O4/c1-5-12-9(3,4)13-7(2)6-8(10)11/h5-6H,1H2,2-4H3,(H,10,11)/b7-6-. The van der Waals surface area contributed by atoms with Gasteiger partial charge in [-0.3, -0.25) is 0 Å². The molecule has 0 unspecified atom stereocenters. The van der Waals surface area contributed by atoms with E-state index in [2.05, 4.69) is 6.58 Å².